The van der Waals surface area contributed by atoms with Crippen LogP contribution in [0.1, 0.15) is 30.1 Å². The zero-order valence-electron chi connectivity index (χ0n) is 11.8. The van der Waals surface area contributed by atoms with Crippen LogP contribution in [0.15, 0.2) is 30.3 Å². The number of hydrogen-bond donors (Lipinski definition) is 2. The number of pyridine rings is 1. The van der Waals surface area contributed by atoms with Crippen molar-refractivity contribution in [2.45, 2.75) is 25.8 Å². The maximum Gasteiger partial charge on any atom is 0.0705 e. The van der Waals surface area contributed by atoms with Crippen molar-refractivity contribution in [2.24, 2.45) is 11.8 Å². The van der Waals surface area contributed by atoms with Crippen molar-refractivity contribution in [2.75, 3.05) is 13.2 Å². The largest absolute Gasteiger partial charge is 0.381 e. The molecule has 0 bridgehead atoms. The number of hydrogen-bond acceptors (Lipinski definition) is 4. The summed E-state index contributed by atoms with van der Waals surface area (Å²) in [5, 5.41) is 1.16. The highest BCUT2D eigenvalue weighted by atomic mass is 16.5. The fourth-order valence-corrected chi connectivity index (χ4v) is 2.87. The third-order valence-electron chi connectivity index (χ3n) is 4.05. The predicted octanol–water partition coefficient (Wildman–Crippen LogP) is 2.47. The average Bonchev–Trinajstić information content (AvgIpc) is 2.97. The number of aryl methyl sites for hydroxylation is 1. The molecule has 2 atom stereocenters. The Labute approximate surface area is 119 Å². The zero-order valence-corrected chi connectivity index (χ0v) is 11.8. The molecule has 1 aromatic carbocycles. The number of rotatable bonds is 4. The first kappa shape index (κ1) is 13.5. The molecule has 4 nitrogen and oxygen atoms in total. The van der Waals surface area contributed by atoms with Crippen molar-refractivity contribution < 1.29 is 4.74 Å². The molecule has 0 spiro atoms. The van der Waals surface area contributed by atoms with Crippen LogP contribution in [0, 0.1) is 12.8 Å². The molecule has 3 rings (SSSR count). The molecule has 3 N–H and O–H groups in total. The van der Waals surface area contributed by atoms with Crippen LogP contribution in [-0.2, 0) is 4.74 Å². The number of hydrazine groups is 1. The lowest BCUT2D eigenvalue weighted by Gasteiger charge is -2.19. The van der Waals surface area contributed by atoms with Crippen molar-refractivity contribution in [3.63, 3.8) is 0 Å². The third kappa shape index (κ3) is 2.82. The van der Waals surface area contributed by atoms with Crippen LogP contribution in [0.3, 0.4) is 0 Å². The summed E-state index contributed by atoms with van der Waals surface area (Å²) >= 11 is 0. The Morgan fingerprint density at radius 2 is 2.30 bits per heavy atom. The second-order valence-corrected chi connectivity index (χ2v) is 5.59. The lowest BCUT2D eigenvalue weighted by atomic mass is 9.94. The topological polar surface area (TPSA) is 60.2 Å². The smallest absolute Gasteiger partial charge is 0.0705 e. The van der Waals surface area contributed by atoms with Crippen LogP contribution in [0.5, 0.6) is 0 Å². The number of aromatic nitrogens is 1. The lowest BCUT2D eigenvalue weighted by Crippen LogP contribution is -2.29. The van der Waals surface area contributed by atoms with E-state index in [1.165, 1.54) is 5.56 Å². The Morgan fingerprint density at radius 1 is 1.40 bits per heavy atom. The Hall–Kier alpha value is -1.49. The van der Waals surface area contributed by atoms with Crippen molar-refractivity contribution in [3.8, 4) is 0 Å². The third-order valence-corrected chi connectivity index (χ3v) is 4.05. The van der Waals surface area contributed by atoms with Gasteiger partial charge in [-0.2, -0.15) is 0 Å². The molecule has 1 aromatic heterocycles. The maximum atomic E-state index is 5.74. The van der Waals surface area contributed by atoms with Crippen molar-refractivity contribution in [1.82, 2.24) is 10.4 Å². The van der Waals surface area contributed by atoms with Gasteiger partial charge >= 0.3 is 0 Å². The van der Waals surface area contributed by atoms with Crippen LogP contribution >= 0.6 is 0 Å². The number of nitrogens with zero attached hydrogens (tertiary/aromatic N) is 1. The molecule has 0 radical (unpaired) electrons. The highest BCUT2D eigenvalue weighted by Gasteiger charge is 2.21. The van der Waals surface area contributed by atoms with Gasteiger partial charge in [0.1, 0.15) is 0 Å². The molecule has 1 aliphatic heterocycles. The van der Waals surface area contributed by atoms with Gasteiger partial charge < -0.3 is 4.74 Å². The number of nitrogens with one attached hydrogen (secondary N) is 1. The van der Waals surface area contributed by atoms with Gasteiger partial charge in [0.2, 0.25) is 0 Å². The lowest BCUT2D eigenvalue weighted by molar-refractivity contribution is 0.181. The van der Waals surface area contributed by atoms with E-state index in [1.54, 1.807) is 0 Å². The van der Waals surface area contributed by atoms with Gasteiger partial charge in [-0.1, -0.05) is 12.1 Å². The quantitative estimate of drug-likeness (QED) is 0.662. The van der Waals surface area contributed by atoms with E-state index >= 15 is 0 Å². The molecule has 1 fully saturated rings. The number of fused-ring (bicyclic) bond motifs is 1. The molecule has 0 saturated carbocycles. The summed E-state index contributed by atoms with van der Waals surface area (Å²) in [6, 6.07) is 10.7. The highest BCUT2D eigenvalue weighted by Crippen LogP contribution is 2.27. The molecule has 2 aromatic rings. The normalized spacial score (nSPS) is 20.4. The van der Waals surface area contributed by atoms with Gasteiger partial charge in [-0.15, -0.1) is 0 Å². The Morgan fingerprint density at radius 3 is 3.05 bits per heavy atom. The van der Waals surface area contributed by atoms with Crippen molar-refractivity contribution >= 4 is 10.9 Å². The van der Waals surface area contributed by atoms with E-state index in [-0.39, 0.29) is 6.04 Å². The van der Waals surface area contributed by atoms with E-state index in [0.717, 1.165) is 42.7 Å². The number of ether oxygens (including phenoxy) is 1. The Balaban J connectivity index is 1.85. The summed E-state index contributed by atoms with van der Waals surface area (Å²) in [6.45, 7) is 3.74. The van der Waals surface area contributed by atoms with Crippen LogP contribution < -0.4 is 11.3 Å². The number of nitrogens with two attached hydrogens (primary N) is 1. The summed E-state index contributed by atoms with van der Waals surface area (Å²) < 4.78 is 5.44. The fourth-order valence-electron chi connectivity index (χ4n) is 2.87. The SMILES string of the molecule is Cc1ccc2cc(C(CC3CCOC3)NN)ccc2n1. The van der Waals surface area contributed by atoms with E-state index in [9.17, 15) is 0 Å². The first-order chi connectivity index (χ1) is 9.76. The minimum atomic E-state index is 0.174. The molecular weight excluding hydrogens is 250 g/mol. The first-order valence-electron chi connectivity index (χ1n) is 7.17. The fraction of sp³-hybridized carbons (Fsp3) is 0.438. The summed E-state index contributed by atoms with van der Waals surface area (Å²) in [7, 11) is 0. The molecular formula is C16H21N3O. The monoisotopic (exact) mass is 271 g/mol. The summed E-state index contributed by atoms with van der Waals surface area (Å²) in [6.07, 6.45) is 2.15. The summed E-state index contributed by atoms with van der Waals surface area (Å²) in [5.41, 5.74) is 6.24. The van der Waals surface area contributed by atoms with Gasteiger partial charge in [-0.25, -0.2) is 0 Å². The Kier molecular flexibility index (Phi) is 3.96. The van der Waals surface area contributed by atoms with Gasteiger partial charge in [0.25, 0.3) is 0 Å². The van der Waals surface area contributed by atoms with Crippen LogP contribution in [0.4, 0.5) is 0 Å². The summed E-state index contributed by atoms with van der Waals surface area (Å²) in [4.78, 5) is 4.53. The van der Waals surface area contributed by atoms with Crippen molar-refractivity contribution in [1.29, 1.82) is 0 Å². The van der Waals surface area contributed by atoms with Crippen LogP contribution in [-0.4, -0.2) is 18.2 Å². The molecule has 2 heterocycles. The van der Waals surface area contributed by atoms with Gasteiger partial charge in [0, 0.05) is 30.3 Å². The summed E-state index contributed by atoms with van der Waals surface area (Å²) in [5.74, 6) is 6.34. The van der Waals surface area contributed by atoms with Crippen LogP contribution in [0.25, 0.3) is 10.9 Å². The Bertz CT molecular complexity index is 593. The van der Waals surface area contributed by atoms with E-state index in [0.29, 0.717) is 5.92 Å². The molecule has 1 saturated heterocycles. The van der Waals surface area contributed by atoms with Gasteiger partial charge in [0.15, 0.2) is 0 Å². The average molecular weight is 271 g/mol. The second kappa shape index (κ2) is 5.87. The van der Waals surface area contributed by atoms with Gasteiger partial charge in [0.05, 0.1) is 5.52 Å². The highest BCUT2D eigenvalue weighted by molar-refractivity contribution is 5.79. The van der Waals surface area contributed by atoms with E-state index < -0.39 is 0 Å². The maximum absolute atomic E-state index is 5.74. The minimum absolute atomic E-state index is 0.174. The molecule has 4 heteroatoms. The molecule has 2 unspecified atom stereocenters. The number of benzene rings is 1. The van der Waals surface area contributed by atoms with Crippen molar-refractivity contribution in [3.05, 3.63) is 41.6 Å². The molecule has 0 amide bonds. The van der Waals surface area contributed by atoms with Gasteiger partial charge in [-0.3, -0.25) is 16.3 Å². The molecule has 20 heavy (non-hydrogen) atoms. The van der Waals surface area contributed by atoms with E-state index in [2.05, 4.69) is 34.7 Å². The molecule has 106 valence electrons. The first-order valence-corrected chi connectivity index (χ1v) is 7.17. The van der Waals surface area contributed by atoms with Gasteiger partial charge in [-0.05, 0) is 49.4 Å². The van der Waals surface area contributed by atoms with Crippen LogP contribution in [0.2, 0.25) is 0 Å². The zero-order chi connectivity index (χ0) is 13.9. The predicted molar refractivity (Wildman–Crippen MR) is 80.1 cm³/mol. The molecule has 0 aliphatic carbocycles. The molecule has 1 aliphatic rings. The standard InChI is InChI=1S/C16H21N3O/c1-11-2-3-13-9-14(4-5-15(13)18-11)16(19-17)8-12-6-7-20-10-12/h2-5,9,12,16,19H,6-8,10,17H2,1H3. The van der Waals surface area contributed by atoms with E-state index in [4.69, 9.17) is 10.6 Å². The van der Waals surface area contributed by atoms with E-state index in [1.807, 2.05) is 13.0 Å². The minimum Gasteiger partial charge on any atom is -0.381 e. The second-order valence-electron chi connectivity index (χ2n) is 5.59.